The number of ether oxygens (including phenoxy) is 2. The Balaban J connectivity index is 1.84. The number of pyridine rings is 1. The predicted octanol–water partition coefficient (Wildman–Crippen LogP) is 3.96. The third kappa shape index (κ3) is 5.21. The number of aliphatic imine (C=N–C) groups is 1. The van der Waals surface area contributed by atoms with Gasteiger partial charge in [-0.2, -0.15) is 22.0 Å². The van der Waals surface area contributed by atoms with Crippen molar-refractivity contribution in [3.63, 3.8) is 0 Å². The van der Waals surface area contributed by atoms with Gasteiger partial charge < -0.3 is 20.5 Å². The summed E-state index contributed by atoms with van der Waals surface area (Å²) in [5.74, 6) is -1.90. The summed E-state index contributed by atoms with van der Waals surface area (Å²) in [5.41, 5.74) is 3.29. The highest BCUT2D eigenvalue weighted by atomic mass is 19.4. The fourth-order valence-corrected chi connectivity index (χ4v) is 3.11. The first kappa shape index (κ1) is 23.2. The number of nitrogens with one attached hydrogen (secondary N) is 1. The highest BCUT2D eigenvalue weighted by Crippen LogP contribution is 2.41. The number of benzene rings is 1. The monoisotopic (exact) mass is 462 g/mol. The zero-order valence-electron chi connectivity index (χ0n) is 16.3. The standard InChI is InChI=1S/C19H16F6N4O3/c1-18(7-14(19(23,24)25)32-17(26)29-18)11-6-9(2-4-12(11)20)28-15(30)13-5-3-10(8-27-13)31-16(21)22/h2-6,8,14,16H,7H2,1H3,(H2,26,29)(H,28,30)/t14-,18+/m0/s1. The average molecular weight is 462 g/mol. The van der Waals surface area contributed by atoms with E-state index in [0.717, 1.165) is 30.5 Å². The van der Waals surface area contributed by atoms with Crippen molar-refractivity contribution in [1.82, 2.24) is 4.98 Å². The first-order valence-corrected chi connectivity index (χ1v) is 8.98. The molecule has 0 saturated carbocycles. The molecule has 32 heavy (non-hydrogen) atoms. The number of anilines is 1. The van der Waals surface area contributed by atoms with Crippen LogP contribution < -0.4 is 15.8 Å². The molecule has 7 nitrogen and oxygen atoms in total. The Hall–Kier alpha value is -3.51. The van der Waals surface area contributed by atoms with Gasteiger partial charge in [-0.3, -0.25) is 4.79 Å². The molecule has 0 saturated heterocycles. The Bertz CT molecular complexity index is 1030. The highest BCUT2D eigenvalue weighted by Gasteiger charge is 2.50. The topological polar surface area (TPSA) is 98.8 Å². The molecular weight excluding hydrogens is 446 g/mol. The summed E-state index contributed by atoms with van der Waals surface area (Å²) in [6.45, 7) is -1.80. The molecule has 2 atom stereocenters. The molecule has 3 N–H and O–H groups in total. The number of hydrogen-bond donors (Lipinski definition) is 2. The number of hydrogen-bond acceptors (Lipinski definition) is 6. The van der Waals surface area contributed by atoms with Gasteiger partial charge in [-0.15, -0.1) is 0 Å². The number of amides is 1. The maximum absolute atomic E-state index is 14.5. The van der Waals surface area contributed by atoms with Gasteiger partial charge in [0.05, 0.1) is 11.7 Å². The predicted molar refractivity (Wildman–Crippen MR) is 99.7 cm³/mol. The molecule has 0 fully saturated rings. The van der Waals surface area contributed by atoms with Crippen molar-refractivity contribution >= 4 is 17.6 Å². The Morgan fingerprint density at radius 2 is 2.03 bits per heavy atom. The van der Waals surface area contributed by atoms with Gasteiger partial charge in [0.15, 0.2) is 6.10 Å². The van der Waals surface area contributed by atoms with E-state index in [4.69, 9.17) is 5.73 Å². The van der Waals surface area contributed by atoms with E-state index in [1.807, 2.05) is 0 Å². The van der Waals surface area contributed by atoms with E-state index in [1.165, 1.54) is 13.0 Å². The Kier molecular flexibility index (Phi) is 6.19. The molecule has 172 valence electrons. The molecular formula is C19H16F6N4O3. The molecule has 13 heteroatoms. The number of halogens is 6. The largest absolute Gasteiger partial charge is 0.452 e. The lowest BCUT2D eigenvalue weighted by molar-refractivity contribution is -0.208. The lowest BCUT2D eigenvalue weighted by Gasteiger charge is -2.36. The number of amidine groups is 1. The lowest BCUT2D eigenvalue weighted by Crippen LogP contribution is -2.46. The average Bonchev–Trinajstić information content (AvgIpc) is 2.68. The Morgan fingerprint density at radius 3 is 2.62 bits per heavy atom. The molecule has 0 aliphatic carbocycles. The lowest BCUT2D eigenvalue weighted by atomic mass is 9.85. The smallest absolute Gasteiger partial charge is 0.425 e. The Labute approximate surface area is 177 Å². The second-order valence-electron chi connectivity index (χ2n) is 6.98. The van der Waals surface area contributed by atoms with Gasteiger partial charge in [0.1, 0.15) is 17.3 Å². The number of nitrogens with two attached hydrogens (primary N) is 1. The van der Waals surface area contributed by atoms with Crippen LogP contribution in [0.5, 0.6) is 5.75 Å². The normalized spacial score (nSPS) is 21.0. The van der Waals surface area contributed by atoms with Crippen molar-refractivity contribution in [2.24, 2.45) is 10.7 Å². The van der Waals surface area contributed by atoms with Crippen LogP contribution in [0.4, 0.5) is 32.0 Å². The van der Waals surface area contributed by atoms with Crippen LogP contribution in [0.25, 0.3) is 0 Å². The number of carbonyl (C=O) groups is 1. The molecule has 1 aliphatic heterocycles. The van der Waals surface area contributed by atoms with Crippen molar-refractivity contribution in [2.75, 3.05) is 5.32 Å². The van der Waals surface area contributed by atoms with Gasteiger partial charge in [0, 0.05) is 17.7 Å². The van der Waals surface area contributed by atoms with Gasteiger partial charge in [-0.25, -0.2) is 14.4 Å². The minimum absolute atomic E-state index is 0.0335. The molecule has 1 aromatic heterocycles. The summed E-state index contributed by atoms with van der Waals surface area (Å²) in [4.78, 5) is 19.9. The van der Waals surface area contributed by atoms with Crippen molar-refractivity contribution < 1.29 is 40.6 Å². The van der Waals surface area contributed by atoms with Crippen molar-refractivity contribution in [2.45, 2.75) is 37.8 Å². The second-order valence-corrected chi connectivity index (χ2v) is 6.98. The number of aromatic nitrogens is 1. The summed E-state index contributed by atoms with van der Waals surface area (Å²) in [6.07, 6.45) is -6.87. The molecule has 1 amide bonds. The van der Waals surface area contributed by atoms with Crippen LogP contribution in [0, 0.1) is 5.82 Å². The summed E-state index contributed by atoms with van der Waals surface area (Å²) < 4.78 is 87.1. The van der Waals surface area contributed by atoms with Crippen molar-refractivity contribution in [3.8, 4) is 5.75 Å². The number of nitrogens with zero attached hydrogens (tertiary/aromatic N) is 2. The minimum Gasteiger partial charge on any atom is -0.452 e. The molecule has 1 aliphatic rings. The SMILES string of the molecule is C[C@]1(c2cc(NC(=O)c3ccc(OC(F)F)cn3)ccc2F)C[C@@H](C(F)(F)F)OC(N)=N1. The maximum Gasteiger partial charge on any atom is 0.425 e. The number of alkyl halides is 5. The fraction of sp³-hybridized carbons (Fsp3) is 0.316. The van der Waals surface area contributed by atoms with Crippen LogP contribution in [-0.2, 0) is 10.3 Å². The first-order chi connectivity index (χ1) is 14.9. The van der Waals surface area contributed by atoms with E-state index in [-0.39, 0.29) is 22.7 Å². The quantitative estimate of drug-likeness (QED) is 0.656. The highest BCUT2D eigenvalue weighted by molar-refractivity contribution is 6.02. The van der Waals surface area contributed by atoms with Crippen molar-refractivity contribution in [1.29, 1.82) is 0 Å². The van der Waals surface area contributed by atoms with Crippen LogP contribution in [0.1, 0.15) is 29.4 Å². The summed E-state index contributed by atoms with van der Waals surface area (Å²) >= 11 is 0. The number of carbonyl (C=O) groups excluding carboxylic acids is 1. The van der Waals surface area contributed by atoms with Gasteiger partial charge in [0.25, 0.3) is 11.9 Å². The van der Waals surface area contributed by atoms with E-state index < -0.39 is 48.6 Å². The van der Waals surface area contributed by atoms with Gasteiger partial charge >= 0.3 is 12.8 Å². The van der Waals surface area contributed by atoms with Crippen LogP contribution >= 0.6 is 0 Å². The third-order valence-electron chi connectivity index (χ3n) is 4.57. The van der Waals surface area contributed by atoms with Crippen LogP contribution in [0.2, 0.25) is 0 Å². The summed E-state index contributed by atoms with van der Waals surface area (Å²) in [5, 5.41) is 2.40. The Morgan fingerprint density at radius 1 is 1.31 bits per heavy atom. The fourth-order valence-electron chi connectivity index (χ4n) is 3.11. The summed E-state index contributed by atoms with van der Waals surface area (Å²) in [7, 11) is 0. The zero-order valence-corrected chi connectivity index (χ0v) is 16.3. The second kappa shape index (κ2) is 8.55. The molecule has 1 aromatic carbocycles. The molecule has 0 bridgehead atoms. The molecule has 0 spiro atoms. The molecule has 2 heterocycles. The van der Waals surface area contributed by atoms with E-state index in [0.29, 0.717) is 0 Å². The van der Waals surface area contributed by atoms with Crippen LogP contribution in [0.15, 0.2) is 41.5 Å². The van der Waals surface area contributed by atoms with Gasteiger partial charge in [-0.05, 0) is 37.3 Å². The molecule has 2 aromatic rings. The van der Waals surface area contributed by atoms with Gasteiger partial charge in [-0.1, -0.05) is 0 Å². The maximum atomic E-state index is 14.5. The van der Waals surface area contributed by atoms with E-state index in [9.17, 15) is 31.1 Å². The zero-order chi connectivity index (χ0) is 23.7. The molecule has 0 unspecified atom stereocenters. The van der Waals surface area contributed by atoms with Crippen LogP contribution in [-0.4, -0.2) is 35.8 Å². The molecule has 3 rings (SSSR count). The van der Waals surface area contributed by atoms with Crippen molar-refractivity contribution in [3.05, 3.63) is 53.6 Å². The van der Waals surface area contributed by atoms with E-state index in [2.05, 4.69) is 24.8 Å². The number of rotatable bonds is 5. The minimum atomic E-state index is -4.75. The summed E-state index contributed by atoms with van der Waals surface area (Å²) in [6, 6.07) is 4.73. The molecule has 0 radical (unpaired) electrons. The van der Waals surface area contributed by atoms with E-state index in [1.54, 1.807) is 0 Å². The van der Waals surface area contributed by atoms with Gasteiger partial charge in [0.2, 0.25) is 0 Å². The first-order valence-electron chi connectivity index (χ1n) is 8.98. The van der Waals surface area contributed by atoms with Crippen LogP contribution in [0.3, 0.4) is 0 Å². The third-order valence-corrected chi connectivity index (χ3v) is 4.57. The van der Waals surface area contributed by atoms with E-state index >= 15 is 0 Å².